The van der Waals surface area contributed by atoms with Gasteiger partial charge in [-0.3, -0.25) is 0 Å². The van der Waals surface area contributed by atoms with Crippen molar-refractivity contribution in [3.63, 3.8) is 0 Å². The van der Waals surface area contributed by atoms with Crippen LogP contribution in [-0.2, 0) is 0 Å². The van der Waals surface area contributed by atoms with Crippen LogP contribution in [0.2, 0.25) is 5.28 Å². The van der Waals surface area contributed by atoms with Crippen molar-refractivity contribution in [2.45, 2.75) is 31.7 Å². The average molecular weight is 213 g/mol. The highest BCUT2D eigenvalue weighted by Crippen LogP contribution is 2.25. The minimum Gasteiger partial charge on any atom is -0.355 e. The summed E-state index contributed by atoms with van der Waals surface area (Å²) in [6.45, 7) is 0. The molecule has 0 saturated heterocycles. The van der Waals surface area contributed by atoms with E-state index in [-0.39, 0.29) is 5.28 Å². The Labute approximate surface area is 88.3 Å². The van der Waals surface area contributed by atoms with Crippen molar-refractivity contribution >= 4 is 17.4 Å². The molecule has 0 N–H and O–H groups in total. The van der Waals surface area contributed by atoms with E-state index in [1.54, 1.807) is 6.20 Å². The van der Waals surface area contributed by atoms with E-state index < -0.39 is 0 Å². The van der Waals surface area contributed by atoms with Gasteiger partial charge >= 0.3 is 0 Å². The molecular weight excluding hydrogens is 200 g/mol. The van der Waals surface area contributed by atoms with Gasteiger partial charge in [-0.1, -0.05) is 12.8 Å². The van der Waals surface area contributed by atoms with Crippen molar-refractivity contribution in [3.8, 4) is 0 Å². The molecule has 1 aromatic heterocycles. The molecule has 1 saturated carbocycles. The van der Waals surface area contributed by atoms with Crippen LogP contribution in [0, 0.1) is 0 Å². The lowest BCUT2D eigenvalue weighted by Crippen LogP contribution is -2.29. The van der Waals surface area contributed by atoms with Gasteiger partial charge in [-0.2, -0.15) is 10.1 Å². The third-order valence-corrected chi connectivity index (χ3v) is 2.91. The number of halogens is 1. The van der Waals surface area contributed by atoms with Gasteiger partial charge in [0.25, 0.3) is 0 Å². The first kappa shape index (κ1) is 9.65. The Morgan fingerprint density at radius 1 is 1.43 bits per heavy atom. The molecule has 0 spiro atoms. The van der Waals surface area contributed by atoms with Gasteiger partial charge in [0.05, 0.1) is 6.20 Å². The van der Waals surface area contributed by atoms with E-state index >= 15 is 0 Å². The monoisotopic (exact) mass is 212 g/mol. The maximum atomic E-state index is 5.68. The number of anilines is 1. The molecule has 0 unspecified atom stereocenters. The number of rotatable bonds is 2. The average Bonchev–Trinajstić information content (AvgIpc) is 2.69. The molecule has 1 fully saturated rings. The topological polar surface area (TPSA) is 41.9 Å². The summed E-state index contributed by atoms with van der Waals surface area (Å²) in [5, 5.41) is 7.63. The standard InChI is InChI=1S/C9H13ClN4/c1-14(7-4-2-3-5-7)8-6-11-13-9(10)12-8/h6-7H,2-5H2,1H3. The first-order valence-electron chi connectivity index (χ1n) is 4.85. The minimum absolute atomic E-state index is 0.215. The lowest BCUT2D eigenvalue weighted by molar-refractivity contribution is 0.643. The Hall–Kier alpha value is -0.900. The van der Waals surface area contributed by atoms with E-state index in [2.05, 4.69) is 20.1 Å². The fraction of sp³-hybridized carbons (Fsp3) is 0.667. The van der Waals surface area contributed by atoms with Crippen molar-refractivity contribution < 1.29 is 0 Å². The fourth-order valence-corrected chi connectivity index (χ4v) is 2.05. The highest BCUT2D eigenvalue weighted by Gasteiger charge is 2.20. The van der Waals surface area contributed by atoms with Gasteiger partial charge in [0.1, 0.15) is 0 Å². The summed E-state index contributed by atoms with van der Waals surface area (Å²) < 4.78 is 0. The molecule has 0 aromatic carbocycles. The quantitative estimate of drug-likeness (QED) is 0.751. The van der Waals surface area contributed by atoms with Crippen LogP contribution in [0.4, 0.5) is 5.82 Å². The molecule has 4 nitrogen and oxygen atoms in total. The second-order valence-electron chi connectivity index (χ2n) is 3.63. The zero-order valence-corrected chi connectivity index (χ0v) is 8.91. The van der Waals surface area contributed by atoms with E-state index in [0.29, 0.717) is 6.04 Å². The van der Waals surface area contributed by atoms with Crippen LogP contribution in [0.15, 0.2) is 6.20 Å². The third-order valence-electron chi connectivity index (χ3n) is 2.75. The zero-order chi connectivity index (χ0) is 9.97. The van der Waals surface area contributed by atoms with Crippen molar-refractivity contribution in [2.75, 3.05) is 11.9 Å². The molecular formula is C9H13ClN4. The molecule has 76 valence electrons. The molecule has 0 atom stereocenters. The summed E-state index contributed by atoms with van der Waals surface area (Å²) in [5.74, 6) is 0.817. The normalized spacial score (nSPS) is 17.3. The summed E-state index contributed by atoms with van der Waals surface area (Å²) in [4.78, 5) is 6.28. The Morgan fingerprint density at radius 2 is 2.14 bits per heavy atom. The Morgan fingerprint density at radius 3 is 2.79 bits per heavy atom. The van der Waals surface area contributed by atoms with E-state index in [0.717, 1.165) is 5.82 Å². The van der Waals surface area contributed by atoms with Gasteiger partial charge in [0, 0.05) is 13.1 Å². The van der Waals surface area contributed by atoms with Crippen LogP contribution < -0.4 is 4.90 Å². The van der Waals surface area contributed by atoms with Crippen molar-refractivity contribution in [1.82, 2.24) is 15.2 Å². The number of hydrogen-bond acceptors (Lipinski definition) is 4. The summed E-state index contributed by atoms with van der Waals surface area (Å²) in [5.41, 5.74) is 0. The van der Waals surface area contributed by atoms with Crippen LogP contribution in [0.3, 0.4) is 0 Å². The second-order valence-corrected chi connectivity index (χ2v) is 3.97. The lowest BCUT2D eigenvalue weighted by Gasteiger charge is -2.24. The fourth-order valence-electron chi connectivity index (χ4n) is 1.92. The minimum atomic E-state index is 0.215. The molecule has 14 heavy (non-hydrogen) atoms. The van der Waals surface area contributed by atoms with Crippen molar-refractivity contribution in [2.24, 2.45) is 0 Å². The number of nitrogens with zero attached hydrogens (tertiary/aromatic N) is 4. The molecule has 1 aromatic rings. The Balaban J connectivity index is 2.13. The van der Waals surface area contributed by atoms with Crippen LogP contribution in [-0.4, -0.2) is 28.3 Å². The summed E-state index contributed by atoms with van der Waals surface area (Å²) in [6, 6.07) is 0.586. The van der Waals surface area contributed by atoms with Gasteiger partial charge in [0.15, 0.2) is 5.82 Å². The largest absolute Gasteiger partial charge is 0.355 e. The van der Waals surface area contributed by atoms with Crippen LogP contribution in [0.1, 0.15) is 25.7 Å². The van der Waals surface area contributed by atoms with Gasteiger partial charge in [0.2, 0.25) is 5.28 Å². The van der Waals surface area contributed by atoms with Gasteiger partial charge < -0.3 is 4.90 Å². The molecule has 1 aliphatic carbocycles. The summed E-state index contributed by atoms with van der Waals surface area (Å²) in [7, 11) is 2.04. The summed E-state index contributed by atoms with van der Waals surface area (Å²) in [6.07, 6.45) is 6.74. The first-order chi connectivity index (χ1) is 6.77. The maximum Gasteiger partial charge on any atom is 0.244 e. The van der Waals surface area contributed by atoms with Gasteiger partial charge in [-0.25, -0.2) is 0 Å². The Kier molecular flexibility index (Phi) is 2.82. The van der Waals surface area contributed by atoms with Crippen molar-refractivity contribution in [1.29, 1.82) is 0 Å². The predicted molar refractivity (Wildman–Crippen MR) is 55.5 cm³/mol. The molecule has 0 aliphatic heterocycles. The predicted octanol–water partition coefficient (Wildman–Crippen LogP) is 1.90. The van der Waals surface area contributed by atoms with Crippen LogP contribution in [0.5, 0.6) is 0 Å². The van der Waals surface area contributed by atoms with Gasteiger partial charge in [-0.05, 0) is 24.4 Å². The van der Waals surface area contributed by atoms with E-state index in [1.807, 2.05) is 7.05 Å². The molecule has 1 heterocycles. The lowest BCUT2D eigenvalue weighted by atomic mass is 10.2. The summed E-state index contributed by atoms with van der Waals surface area (Å²) >= 11 is 5.68. The van der Waals surface area contributed by atoms with Crippen LogP contribution >= 0.6 is 11.6 Å². The first-order valence-corrected chi connectivity index (χ1v) is 5.23. The van der Waals surface area contributed by atoms with E-state index in [1.165, 1.54) is 25.7 Å². The van der Waals surface area contributed by atoms with Crippen molar-refractivity contribution in [3.05, 3.63) is 11.5 Å². The molecule has 5 heteroatoms. The highest BCUT2D eigenvalue weighted by molar-refractivity contribution is 6.28. The number of hydrogen-bond donors (Lipinski definition) is 0. The zero-order valence-electron chi connectivity index (χ0n) is 8.15. The molecule has 0 amide bonds. The van der Waals surface area contributed by atoms with E-state index in [4.69, 9.17) is 11.6 Å². The molecule has 1 aliphatic rings. The Bertz CT molecular complexity index is 311. The number of aromatic nitrogens is 3. The highest BCUT2D eigenvalue weighted by atomic mass is 35.5. The molecule has 2 rings (SSSR count). The van der Waals surface area contributed by atoms with Crippen LogP contribution in [0.25, 0.3) is 0 Å². The maximum absolute atomic E-state index is 5.68. The smallest absolute Gasteiger partial charge is 0.244 e. The molecule has 0 bridgehead atoms. The third kappa shape index (κ3) is 1.95. The second kappa shape index (κ2) is 4.09. The van der Waals surface area contributed by atoms with E-state index in [9.17, 15) is 0 Å². The van der Waals surface area contributed by atoms with Gasteiger partial charge in [-0.15, -0.1) is 5.10 Å². The SMILES string of the molecule is CN(c1cnnc(Cl)n1)C1CCCC1. The molecule has 0 radical (unpaired) electrons.